The number of aromatic amines is 1. The van der Waals surface area contributed by atoms with Crippen LogP contribution < -0.4 is 5.32 Å². The molecule has 0 aliphatic rings. The molecule has 0 fully saturated rings. The Hall–Kier alpha value is -2.08. The van der Waals surface area contributed by atoms with Crippen molar-refractivity contribution in [2.24, 2.45) is 0 Å². The lowest BCUT2D eigenvalue weighted by Crippen LogP contribution is -1.98. The van der Waals surface area contributed by atoms with Crippen molar-refractivity contribution in [2.75, 3.05) is 12.4 Å². The molecular weight excluding hydrogens is 270 g/mol. The molecule has 3 aromatic rings. The van der Waals surface area contributed by atoms with Gasteiger partial charge >= 0.3 is 0 Å². The zero-order valence-electron chi connectivity index (χ0n) is 11.3. The molecule has 6 heteroatoms. The van der Waals surface area contributed by atoms with Crippen LogP contribution in [-0.2, 0) is 5.75 Å². The van der Waals surface area contributed by atoms with Crippen LogP contribution in [0, 0.1) is 6.92 Å². The van der Waals surface area contributed by atoms with Crippen LogP contribution in [0.3, 0.4) is 0 Å². The third-order valence-electron chi connectivity index (χ3n) is 3.12. The average molecular weight is 285 g/mol. The SMILES string of the molecule is CNc1nc(SCc2ccccc2C)c2cn[nH]c2n1. The molecule has 20 heavy (non-hydrogen) atoms. The molecule has 2 N–H and O–H groups in total. The summed E-state index contributed by atoms with van der Waals surface area (Å²) in [5, 5.41) is 11.8. The zero-order valence-corrected chi connectivity index (χ0v) is 12.2. The first-order valence-corrected chi connectivity index (χ1v) is 7.32. The number of thioether (sulfide) groups is 1. The van der Waals surface area contributed by atoms with E-state index in [-0.39, 0.29) is 0 Å². The maximum absolute atomic E-state index is 4.52. The maximum Gasteiger partial charge on any atom is 0.225 e. The molecule has 2 aromatic heterocycles. The summed E-state index contributed by atoms with van der Waals surface area (Å²) in [5.41, 5.74) is 3.38. The van der Waals surface area contributed by atoms with Crippen molar-refractivity contribution in [3.63, 3.8) is 0 Å². The van der Waals surface area contributed by atoms with E-state index < -0.39 is 0 Å². The van der Waals surface area contributed by atoms with Crippen LogP contribution in [0.1, 0.15) is 11.1 Å². The highest BCUT2D eigenvalue weighted by atomic mass is 32.2. The van der Waals surface area contributed by atoms with E-state index in [2.05, 4.69) is 56.7 Å². The number of nitrogens with zero attached hydrogens (tertiary/aromatic N) is 3. The summed E-state index contributed by atoms with van der Waals surface area (Å²) < 4.78 is 0. The standard InChI is InChI=1S/C14H15N5S/c1-9-5-3-4-6-10(9)8-20-13-11-7-16-19-12(11)17-14(15-2)18-13/h3-7H,8H2,1-2H3,(H2,15,16,17,18,19). The van der Waals surface area contributed by atoms with Gasteiger partial charge in [0.05, 0.1) is 11.6 Å². The minimum atomic E-state index is 0.606. The van der Waals surface area contributed by atoms with E-state index in [0.717, 1.165) is 21.8 Å². The number of hydrogen-bond acceptors (Lipinski definition) is 5. The van der Waals surface area contributed by atoms with Crippen LogP contribution in [0.2, 0.25) is 0 Å². The Morgan fingerprint density at radius 1 is 1.25 bits per heavy atom. The second-order valence-electron chi connectivity index (χ2n) is 4.45. The summed E-state index contributed by atoms with van der Waals surface area (Å²) in [6.07, 6.45) is 1.77. The number of benzene rings is 1. The van der Waals surface area contributed by atoms with E-state index in [4.69, 9.17) is 0 Å². The van der Waals surface area contributed by atoms with Crippen LogP contribution in [0.4, 0.5) is 5.95 Å². The number of hydrogen-bond donors (Lipinski definition) is 2. The topological polar surface area (TPSA) is 66.5 Å². The van der Waals surface area contributed by atoms with Crippen molar-refractivity contribution in [3.8, 4) is 0 Å². The molecule has 5 nitrogen and oxygen atoms in total. The molecular formula is C14H15N5S. The van der Waals surface area contributed by atoms with E-state index in [1.807, 2.05) is 7.05 Å². The second kappa shape index (κ2) is 5.50. The Balaban J connectivity index is 1.90. The predicted molar refractivity (Wildman–Crippen MR) is 82.0 cm³/mol. The Morgan fingerprint density at radius 3 is 2.90 bits per heavy atom. The predicted octanol–water partition coefficient (Wildman–Crippen LogP) is 3.00. The van der Waals surface area contributed by atoms with Gasteiger partial charge < -0.3 is 5.32 Å². The molecule has 0 radical (unpaired) electrons. The van der Waals surface area contributed by atoms with Crippen LogP contribution in [0.25, 0.3) is 11.0 Å². The number of fused-ring (bicyclic) bond motifs is 1. The Kier molecular flexibility index (Phi) is 3.56. The second-order valence-corrected chi connectivity index (χ2v) is 5.41. The van der Waals surface area contributed by atoms with Crippen LogP contribution >= 0.6 is 11.8 Å². The largest absolute Gasteiger partial charge is 0.357 e. The third-order valence-corrected chi connectivity index (χ3v) is 4.16. The molecule has 102 valence electrons. The summed E-state index contributed by atoms with van der Waals surface area (Å²) in [6, 6.07) is 8.40. The Bertz CT molecular complexity index is 737. The molecule has 0 aliphatic carbocycles. The maximum atomic E-state index is 4.52. The molecule has 0 saturated heterocycles. The van der Waals surface area contributed by atoms with Crippen molar-refractivity contribution in [3.05, 3.63) is 41.6 Å². The van der Waals surface area contributed by atoms with Crippen molar-refractivity contribution in [2.45, 2.75) is 17.7 Å². The molecule has 0 saturated carbocycles. The summed E-state index contributed by atoms with van der Waals surface area (Å²) in [6.45, 7) is 2.13. The molecule has 0 aliphatic heterocycles. The van der Waals surface area contributed by atoms with Gasteiger partial charge in [-0.05, 0) is 18.1 Å². The van der Waals surface area contributed by atoms with E-state index in [1.54, 1.807) is 18.0 Å². The minimum absolute atomic E-state index is 0.606. The van der Waals surface area contributed by atoms with Crippen molar-refractivity contribution in [1.82, 2.24) is 20.2 Å². The highest BCUT2D eigenvalue weighted by molar-refractivity contribution is 7.98. The third kappa shape index (κ3) is 2.46. The van der Waals surface area contributed by atoms with E-state index in [1.165, 1.54) is 11.1 Å². The van der Waals surface area contributed by atoms with Gasteiger partial charge in [0.15, 0.2) is 5.65 Å². The van der Waals surface area contributed by atoms with Gasteiger partial charge in [0.1, 0.15) is 5.03 Å². The van der Waals surface area contributed by atoms with Gasteiger partial charge in [-0.15, -0.1) is 11.8 Å². The number of aromatic nitrogens is 4. The number of anilines is 1. The molecule has 0 bridgehead atoms. The number of H-pyrrole nitrogens is 1. The first-order chi connectivity index (χ1) is 9.78. The monoisotopic (exact) mass is 285 g/mol. The minimum Gasteiger partial charge on any atom is -0.357 e. The lowest BCUT2D eigenvalue weighted by molar-refractivity contribution is 1.06. The molecule has 1 aromatic carbocycles. The Labute approximate surface area is 121 Å². The zero-order chi connectivity index (χ0) is 13.9. The first-order valence-electron chi connectivity index (χ1n) is 6.34. The molecule has 2 heterocycles. The normalized spacial score (nSPS) is 10.9. The van der Waals surface area contributed by atoms with Crippen LogP contribution in [0.15, 0.2) is 35.5 Å². The van der Waals surface area contributed by atoms with Gasteiger partial charge in [0, 0.05) is 12.8 Å². The lowest BCUT2D eigenvalue weighted by atomic mass is 10.1. The van der Waals surface area contributed by atoms with E-state index in [9.17, 15) is 0 Å². The smallest absolute Gasteiger partial charge is 0.225 e. The van der Waals surface area contributed by atoms with Gasteiger partial charge in [0.25, 0.3) is 0 Å². The van der Waals surface area contributed by atoms with Gasteiger partial charge in [-0.2, -0.15) is 10.1 Å². The Morgan fingerprint density at radius 2 is 2.10 bits per heavy atom. The van der Waals surface area contributed by atoms with E-state index in [0.29, 0.717) is 5.95 Å². The number of aryl methyl sites for hydroxylation is 1. The first kappa shape index (κ1) is 12.9. The summed E-state index contributed by atoms with van der Waals surface area (Å²) in [5.74, 6) is 1.49. The highest BCUT2D eigenvalue weighted by Crippen LogP contribution is 2.28. The number of nitrogens with one attached hydrogen (secondary N) is 2. The van der Waals surface area contributed by atoms with E-state index >= 15 is 0 Å². The quantitative estimate of drug-likeness (QED) is 0.570. The molecule has 0 atom stereocenters. The van der Waals surface area contributed by atoms with Gasteiger partial charge in [-0.3, -0.25) is 5.10 Å². The van der Waals surface area contributed by atoms with Crippen LogP contribution in [-0.4, -0.2) is 27.2 Å². The van der Waals surface area contributed by atoms with Crippen molar-refractivity contribution in [1.29, 1.82) is 0 Å². The summed E-state index contributed by atoms with van der Waals surface area (Å²) in [4.78, 5) is 8.85. The lowest BCUT2D eigenvalue weighted by Gasteiger charge is -2.07. The fraction of sp³-hybridized carbons (Fsp3) is 0.214. The van der Waals surface area contributed by atoms with Gasteiger partial charge in [-0.1, -0.05) is 24.3 Å². The fourth-order valence-corrected chi connectivity index (χ4v) is 3.02. The highest BCUT2D eigenvalue weighted by Gasteiger charge is 2.10. The summed E-state index contributed by atoms with van der Waals surface area (Å²) in [7, 11) is 1.81. The fourth-order valence-electron chi connectivity index (χ4n) is 1.95. The molecule has 0 amide bonds. The molecule has 3 rings (SSSR count). The molecule has 0 spiro atoms. The van der Waals surface area contributed by atoms with Gasteiger partial charge in [0.2, 0.25) is 5.95 Å². The summed E-state index contributed by atoms with van der Waals surface area (Å²) >= 11 is 1.70. The van der Waals surface area contributed by atoms with Crippen LogP contribution in [0.5, 0.6) is 0 Å². The van der Waals surface area contributed by atoms with Crippen molar-refractivity contribution < 1.29 is 0 Å². The van der Waals surface area contributed by atoms with Crippen molar-refractivity contribution >= 4 is 28.7 Å². The average Bonchev–Trinajstić information content (AvgIpc) is 2.94. The molecule has 0 unspecified atom stereocenters. The van der Waals surface area contributed by atoms with Gasteiger partial charge in [-0.25, -0.2) is 4.98 Å². The number of rotatable bonds is 4.